The Morgan fingerprint density at radius 3 is 2.78 bits per heavy atom. The van der Waals surface area contributed by atoms with Crippen LogP contribution in [0.1, 0.15) is 44.2 Å². The van der Waals surface area contributed by atoms with Gasteiger partial charge in [0, 0.05) is 11.4 Å². The van der Waals surface area contributed by atoms with Crippen LogP contribution in [0, 0.1) is 0 Å². The normalized spacial score (nSPS) is 24.6. The second kappa shape index (κ2) is 4.73. The summed E-state index contributed by atoms with van der Waals surface area (Å²) in [4.78, 5) is 0. The molecular formula is C15H21N3. The minimum Gasteiger partial charge on any atom is -0.328 e. The first-order valence-electron chi connectivity index (χ1n) is 6.99. The molecule has 1 fully saturated rings. The van der Waals surface area contributed by atoms with E-state index in [-0.39, 0.29) is 0 Å². The van der Waals surface area contributed by atoms with E-state index in [1.807, 2.05) is 6.20 Å². The van der Waals surface area contributed by atoms with Crippen molar-refractivity contribution in [2.24, 2.45) is 5.73 Å². The molecule has 3 rings (SSSR count). The molecule has 1 aliphatic rings. The predicted molar refractivity (Wildman–Crippen MR) is 74.6 cm³/mol. The quantitative estimate of drug-likeness (QED) is 0.881. The summed E-state index contributed by atoms with van der Waals surface area (Å²) < 4.78 is 2.21. The van der Waals surface area contributed by atoms with E-state index in [1.165, 1.54) is 16.5 Å². The molecule has 18 heavy (non-hydrogen) atoms. The molecule has 0 saturated heterocycles. The number of hydrogen-bond acceptors (Lipinski definition) is 2. The van der Waals surface area contributed by atoms with Crippen LogP contribution in [0.3, 0.4) is 0 Å². The van der Waals surface area contributed by atoms with Crippen molar-refractivity contribution in [1.29, 1.82) is 0 Å². The van der Waals surface area contributed by atoms with Crippen molar-refractivity contribution >= 4 is 10.9 Å². The fraction of sp³-hybridized carbons (Fsp3) is 0.533. The minimum atomic E-state index is 0.398. The molecule has 0 spiro atoms. The first-order chi connectivity index (χ1) is 8.78. The summed E-state index contributed by atoms with van der Waals surface area (Å²) in [6.07, 6.45) is 7.65. The topological polar surface area (TPSA) is 43.8 Å². The number of aryl methyl sites for hydroxylation is 1. The van der Waals surface area contributed by atoms with E-state index in [1.54, 1.807) is 0 Å². The van der Waals surface area contributed by atoms with Gasteiger partial charge >= 0.3 is 0 Å². The Hall–Kier alpha value is -1.35. The molecule has 96 valence electrons. The Morgan fingerprint density at radius 2 is 2.06 bits per heavy atom. The van der Waals surface area contributed by atoms with E-state index in [0.717, 1.165) is 32.1 Å². The average Bonchev–Trinajstić information content (AvgIpc) is 2.82. The number of nitrogens with two attached hydrogens (primary N) is 1. The molecule has 0 bridgehead atoms. The average molecular weight is 243 g/mol. The van der Waals surface area contributed by atoms with Crippen LogP contribution in [-0.2, 0) is 6.42 Å². The van der Waals surface area contributed by atoms with Gasteiger partial charge in [-0.2, -0.15) is 5.10 Å². The molecule has 0 unspecified atom stereocenters. The van der Waals surface area contributed by atoms with Crippen molar-refractivity contribution in [3.63, 3.8) is 0 Å². The Balaban J connectivity index is 1.93. The number of aromatic nitrogens is 2. The lowest BCUT2D eigenvalue weighted by atomic mass is 9.92. The molecule has 2 N–H and O–H groups in total. The monoisotopic (exact) mass is 243 g/mol. The van der Waals surface area contributed by atoms with Gasteiger partial charge in [0.25, 0.3) is 0 Å². The summed E-state index contributed by atoms with van der Waals surface area (Å²) in [7, 11) is 0. The van der Waals surface area contributed by atoms with Gasteiger partial charge in [-0.1, -0.05) is 13.0 Å². The molecule has 0 amide bonds. The zero-order chi connectivity index (χ0) is 12.5. The molecular weight excluding hydrogens is 222 g/mol. The van der Waals surface area contributed by atoms with E-state index < -0.39 is 0 Å². The van der Waals surface area contributed by atoms with Crippen molar-refractivity contribution in [2.75, 3.05) is 0 Å². The highest BCUT2D eigenvalue weighted by molar-refractivity contribution is 5.79. The second-order valence-electron chi connectivity index (χ2n) is 5.40. The number of hydrogen-bond donors (Lipinski definition) is 1. The van der Waals surface area contributed by atoms with Gasteiger partial charge in [-0.05, 0) is 49.8 Å². The summed E-state index contributed by atoms with van der Waals surface area (Å²) in [6, 6.07) is 7.63. The van der Waals surface area contributed by atoms with E-state index >= 15 is 0 Å². The van der Waals surface area contributed by atoms with Gasteiger partial charge in [-0.3, -0.25) is 4.68 Å². The number of fused-ring (bicyclic) bond motifs is 1. The highest BCUT2D eigenvalue weighted by Crippen LogP contribution is 2.30. The molecule has 0 atom stereocenters. The van der Waals surface area contributed by atoms with Crippen molar-refractivity contribution < 1.29 is 0 Å². The maximum absolute atomic E-state index is 5.97. The van der Waals surface area contributed by atoms with Crippen LogP contribution < -0.4 is 5.73 Å². The molecule has 2 aromatic rings. The standard InChI is InChI=1S/C15H21N3/c1-2-11-3-8-15-12(9-11)10-17-18(15)14-6-4-13(16)5-7-14/h3,8-10,13-14H,2,4-7,16H2,1H3. The van der Waals surface area contributed by atoms with Crippen molar-refractivity contribution in [1.82, 2.24) is 9.78 Å². The van der Waals surface area contributed by atoms with Gasteiger partial charge in [0.2, 0.25) is 0 Å². The van der Waals surface area contributed by atoms with Crippen LogP contribution >= 0.6 is 0 Å². The number of benzene rings is 1. The molecule has 1 aromatic heterocycles. The van der Waals surface area contributed by atoms with Gasteiger partial charge in [-0.15, -0.1) is 0 Å². The van der Waals surface area contributed by atoms with Gasteiger partial charge < -0.3 is 5.73 Å². The first kappa shape index (κ1) is 11.7. The summed E-state index contributed by atoms with van der Waals surface area (Å²) in [5.74, 6) is 0. The second-order valence-corrected chi connectivity index (χ2v) is 5.40. The lowest BCUT2D eigenvalue weighted by molar-refractivity contribution is 0.311. The van der Waals surface area contributed by atoms with Crippen LogP contribution in [0.5, 0.6) is 0 Å². The summed E-state index contributed by atoms with van der Waals surface area (Å²) >= 11 is 0. The third kappa shape index (κ3) is 2.03. The van der Waals surface area contributed by atoms with Crippen LogP contribution in [0.2, 0.25) is 0 Å². The molecule has 3 heteroatoms. The Labute approximate surface area is 108 Å². The Bertz CT molecular complexity index is 536. The van der Waals surface area contributed by atoms with E-state index in [9.17, 15) is 0 Å². The zero-order valence-electron chi connectivity index (χ0n) is 11.0. The third-order valence-electron chi connectivity index (χ3n) is 4.16. The maximum Gasteiger partial charge on any atom is 0.0685 e. The number of rotatable bonds is 2. The van der Waals surface area contributed by atoms with Crippen LogP contribution in [0.15, 0.2) is 24.4 Å². The summed E-state index contributed by atoms with van der Waals surface area (Å²) in [5.41, 5.74) is 8.62. The van der Waals surface area contributed by atoms with E-state index in [2.05, 4.69) is 34.9 Å². The minimum absolute atomic E-state index is 0.398. The van der Waals surface area contributed by atoms with Crippen LogP contribution in [0.25, 0.3) is 10.9 Å². The Morgan fingerprint density at radius 1 is 1.28 bits per heavy atom. The fourth-order valence-corrected chi connectivity index (χ4v) is 2.96. The van der Waals surface area contributed by atoms with Crippen molar-refractivity contribution in [3.8, 4) is 0 Å². The highest BCUT2D eigenvalue weighted by atomic mass is 15.3. The maximum atomic E-state index is 5.97. The van der Waals surface area contributed by atoms with Gasteiger partial charge in [0.1, 0.15) is 0 Å². The lowest BCUT2D eigenvalue weighted by Gasteiger charge is -2.26. The first-order valence-corrected chi connectivity index (χ1v) is 6.99. The predicted octanol–water partition coefficient (Wildman–Crippen LogP) is 3.04. The fourth-order valence-electron chi connectivity index (χ4n) is 2.96. The van der Waals surface area contributed by atoms with Gasteiger partial charge in [-0.25, -0.2) is 0 Å². The summed E-state index contributed by atoms with van der Waals surface area (Å²) in [6.45, 7) is 2.19. The SMILES string of the molecule is CCc1ccc2c(cnn2C2CCC(N)CC2)c1. The smallest absolute Gasteiger partial charge is 0.0685 e. The molecule has 0 aliphatic heterocycles. The molecule has 1 aromatic carbocycles. The molecule has 1 heterocycles. The number of nitrogens with zero attached hydrogens (tertiary/aromatic N) is 2. The van der Waals surface area contributed by atoms with Crippen LogP contribution in [-0.4, -0.2) is 15.8 Å². The summed E-state index contributed by atoms with van der Waals surface area (Å²) in [5, 5.41) is 5.86. The largest absolute Gasteiger partial charge is 0.328 e. The third-order valence-corrected chi connectivity index (χ3v) is 4.16. The highest BCUT2D eigenvalue weighted by Gasteiger charge is 2.21. The molecule has 3 nitrogen and oxygen atoms in total. The van der Waals surface area contributed by atoms with Crippen molar-refractivity contribution in [3.05, 3.63) is 30.0 Å². The van der Waals surface area contributed by atoms with Crippen LogP contribution in [0.4, 0.5) is 0 Å². The zero-order valence-corrected chi connectivity index (χ0v) is 11.0. The molecule has 0 radical (unpaired) electrons. The molecule has 1 aliphatic carbocycles. The van der Waals surface area contributed by atoms with E-state index in [4.69, 9.17) is 5.73 Å². The van der Waals surface area contributed by atoms with Gasteiger partial charge in [0.05, 0.1) is 17.8 Å². The van der Waals surface area contributed by atoms with Crippen molar-refractivity contribution in [2.45, 2.75) is 51.1 Å². The van der Waals surface area contributed by atoms with Gasteiger partial charge in [0.15, 0.2) is 0 Å². The lowest BCUT2D eigenvalue weighted by Crippen LogP contribution is -2.28. The molecule has 1 saturated carbocycles. The Kier molecular flexibility index (Phi) is 3.08. The van der Waals surface area contributed by atoms with E-state index in [0.29, 0.717) is 12.1 Å².